The number of rotatable bonds is 9. The Bertz CT molecular complexity index is 1480. The van der Waals surface area contributed by atoms with E-state index in [1.165, 1.54) is 0 Å². The number of nitrogen functional groups attached to an aromatic ring is 1. The lowest BCUT2D eigenvalue weighted by atomic mass is 9.82. The third-order valence-electron chi connectivity index (χ3n) is 7.00. The van der Waals surface area contributed by atoms with Gasteiger partial charge in [0.2, 0.25) is 17.7 Å². The van der Waals surface area contributed by atoms with E-state index in [-0.39, 0.29) is 30.2 Å². The second-order valence-corrected chi connectivity index (χ2v) is 11.0. The molecule has 2 aromatic carbocycles. The number of halogens is 3. The molecule has 0 saturated heterocycles. The van der Waals surface area contributed by atoms with Crippen molar-refractivity contribution in [2.45, 2.75) is 50.2 Å². The molecule has 1 heterocycles. The Kier molecular flexibility index (Phi) is 11.2. The molecule has 1 aromatic heterocycles. The van der Waals surface area contributed by atoms with Crippen LogP contribution < -0.4 is 22.1 Å². The number of hydrogen-bond acceptors (Lipinski definition) is 6. The van der Waals surface area contributed by atoms with Crippen LogP contribution in [0.15, 0.2) is 53.9 Å². The standard InChI is InChI=1S/C27H31N5O3S.C2HF3O2/c28-24(33)14-31-26(34)18-8-4-5-9-22(18)32-27(35)20(12-16-6-2-1-3-7-16)21-15-36-23-11-10-17(25(29)30)13-19(21)23;3-2(4,5)1(6)7/h1-3,6-7,10-11,13,15,18,20,22H,4-5,8-9,12,14H2,(H2,28,33)(H3,29,30)(H,31,34)(H,32,35);(H,6,7)/t18-,20?,22?;/m1./s1. The largest absolute Gasteiger partial charge is 0.490 e. The summed E-state index contributed by atoms with van der Waals surface area (Å²) in [4.78, 5) is 46.6. The quantitative estimate of drug-likeness (QED) is 0.157. The summed E-state index contributed by atoms with van der Waals surface area (Å²) < 4.78 is 32.8. The molecule has 2 unspecified atom stereocenters. The van der Waals surface area contributed by atoms with E-state index in [2.05, 4.69) is 10.6 Å². The minimum Gasteiger partial charge on any atom is -0.475 e. The molecule has 0 spiro atoms. The summed E-state index contributed by atoms with van der Waals surface area (Å²) in [5.74, 6) is -4.69. The highest BCUT2D eigenvalue weighted by Crippen LogP contribution is 2.35. The van der Waals surface area contributed by atoms with Crippen LogP contribution in [0.4, 0.5) is 13.2 Å². The van der Waals surface area contributed by atoms with Crippen LogP contribution in [0.1, 0.15) is 48.3 Å². The number of aliphatic carboxylic acids is 1. The number of fused-ring (bicyclic) bond motifs is 1. The van der Waals surface area contributed by atoms with Gasteiger partial charge in [-0.05, 0) is 59.4 Å². The molecule has 4 rings (SSSR count). The Morgan fingerprint density at radius 2 is 1.70 bits per heavy atom. The molecule has 230 valence electrons. The number of benzene rings is 2. The molecule has 0 radical (unpaired) electrons. The third kappa shape index (κ3) is 9.26. The Labute approximate surface area is 249 Å². The summed E-state index contributed by atoms with van der Waals surface area (Å²) in [5, 5.41) is 23.6. The monoisotopic (exact) mass is 619 g/mol. The molecule has 43 heavy (non-hydrogen) atoms. The Balaban J connectivity index is 0.000000646. The van der Waals surface area contributed by atoms with Gasteiger partial charge in [0.05, 0.1) is 18.4 Å². The number of amides is 3. The van der Waals surface area contributed by atoms with Gasteiger partial charge in [-0.2, -0.15) is 13.2 Å². The van der Waals surface area contributed by atoms with E-state index in [0.29, 0.717) is 24.8 Å². The van der Waals surface area contributed by atoms with Gasteiger partial charge >= 0.3 is 12.1 Å². The van der Waals surface area contributed by atoms with E-state index in [0.717, 1.165) is 34.1 Å². The molecular weight excluding hydrogens is 587 g/mol. The van der Waals surface area contributed by atoms with Crippen molar-refractivity contribution in [1.29, 1.82) is 5.41 Å². The molecule has 1 fully saturated rings. The Morgan fingerprint density at radius 3 is 2.30 bits per heavy atom. The van der Waals surface area contributed by atoms with Crippen molar-refractivity contribution >= 4 is 50.9 Å². The van der Waals surface area contributed by atoms with E-state index < -0.39 is 29.9 Å². The van der Waals surface area contributed by atoms with Crippen LogP contribution in [-0.4, -0.2) is 53.4 Å². The minimum absolute atomic E-state index is 0.0230. The number of nitrogens with two attached hydrogens (primary N) is 2. The second kappa shape index (κ2) is 14.6. The van der Waals surface area contributed by atoms with Crippen LogP contribution in [0.3, 0.4) is 0 Å². The van der Waals surface area contributed by atoms with Crippen LogP contribution in [0.5, 0.6) is 0 Å². The van der Waals surface area contributed by atoms with E-state index in [4.69, 9.17) is 26.8 Å². The van der Waals surface area contributed by atoms with Gasteiger partial charge in [0.1, 0.15) is 5.84 Å². The lowest BCUT2D eigenvalue weighted by Gasteiger charge is -2.32. The predicted octanol–water partition coefficient (Wildman–Crippen LogP) is 3.42. The second-order valence-electron chi connectivity index (χ2n) is 10.1. The Morgan fingerprint density at radius 1 is 1.05 bits per heavy atom. The zero-order chi connectivity index (χ0) is 31.7. The number of carboxylic acid groups (broad SMARTS) is 1. The van der Waals surface area contributed by atoms with Crippen molar-refractivity contribution in [2.24, 2.45) is 17.4 Å². The lowest BCUT2D eigenvalue weighted by molar-refractivity contribution is -0.192. The van der Waals surface area contributed by atoms with Crippen LogP contribution in [0.25, 0.3) is 10.1 Å². The molecule has 3 amide bonds. The summed E-state index contributed by atoms with van der Waals surface area (Å²) in [7, 11) is 0. The first kappa shape index (κ1) is 33.0. The summed E-state index contributed by atoms with van der Waals surface area (Å²) in [6.45, 7) is -0.216. The van der Waals surface area contributed by atoms with Crippen molar-refractivity contribution < 1.29 is 37.5 Å². The average Bonchev–Trinajstić information content (AvgIpc) is 3.38. The average molecular weight is 620 g/mol. The number of hydrogen-bond donors (Lipinski definition) is 6. The number of thiophene rings is 1. The number of alkyl halides is 3. The molecule has 10 nitrogen and oxygen atoms in total. The van der Waals surface area contributed by atoms with Crippen molar-refractivity contribution in [3.63, 3.8) is 0 Å². The highest BCUT2D eigenvalue weighted by molar-refractivity contribution is 7.17. The fourth-order valence-corrected chi connectivity index (χ4v) is 5.88. The number of carbonyl (C=O) groups excluding carboxylic acids is 3. The first-order valence-corrected chi connectivity index (χ1v) is 14.2. The first-order valence-electron chi connectivity index (χ1n) is 13.3. The Hall–Kier alpha value is -4.46. The van der Waals surface area contributed by atoms with Crippen LogP contribution in [-0.2, 0) is 25.6 Å². The minimum atomic E-state index is -5.08. The molecular formula is C29H32F3N5O5S. The molecule has 1 aliphatic rings. The van der Waals surface area contributed by atoms with Gasteiger partial charge in [-0.1, -0.05) is 43.2 Å². The van der Waals surface area contributed by atoms with E-state index in [9.17, 15) is 27.6 Å². The van der Waals surface area contributed by atoms with Crippen molar-refractivity contribution in [3.05, 3.63) is 70.6 Å². The van der Waals surface area contributed by atoms with Gasteiger partial charge in [-0.3, -0.25) is 19.8 Å². The summed E-state index contributed by atoms with van der Waals surface area (Å²) >= 11 is 1.55. The normalized spacial score (nSPS) is 17.2. The smallest absolute Gasteiger partial charge is 0.475 e. The molecule has 1 saturated carbocycles. The molecule has 1 aliphatic carbocycles. The van der Waals surface area contributed by atoms with Crippen molar-refractivity contribution in [2.75, 3.05) is 6.54 Å². The highest BCUT2D eigenvalue weighted by Gasteiger charge is 2.38. The SMILES string of the molecule is N=C(N)c1ccc2scc(C(Cc3ccccc3)C(=O)NC3CCCC[C@H]3C(=O)NCC(N)=O)c2c1.O=C(O)C(F)(F)F. The number of carbonyl (C=O) groups is 4. The van der Waals surface area contributed by atoms with Gasteiger partial charge in [0.25, 0.3) is 0 Å². The zero-order valence-corrected chi connectivity index (χ0v) is 23.8. The van der Waals surface area contributed by atoms with Gasteiger partial charge < -0.3 is 27.2 Å². The van der Waals surface area contributed by atoms with Crippen molar-refractivity contribution in [1.82, 2.24) is 10.6 Å². The van der Waals surface area contributed by atoms with Crippen LogP contribution in [0, 0.1) is 11.3 Å². The fourth-order valence-electron chi connectivity index (χ4n) is 4.89. The van der Waals surface area contributed by atoms with E-state index >= 15 is 0 Å². The third-order valence-corrected chi connectivity index (χ3v) is 7.98. The molecule has 8 N–H and O–H groups in total. The van der Waals surface area contributed by atoms with Gasteiger partial charge in [-0.25, -0.2) is 4.79 Å². The van der Waals surface area contributed by atoms with Crippen molar-refractivity contribution in [3.8, 4) is 0 Å². The maximum Gasteiger partial charge on any atom is 0.490 e. The maximum absolute atomic E-state index is 13.8. The molecule has 3 atom stereocenters. The molecule has 3 aromatic rings. The molecule has 0 aliphatic heterocycles. The van der Waals surface area contributed by atoms with Gasteiger partial charge in [-0.15, -0.1) is 11.3 Å². The van der Waals surface area contributed by atoms with E-state index in [1.807, 2.05) is 53.9 Å². The summed E-state index contributed by atoms with van der Waals surface area (Å²) in [6, 6.07) is 15.1. The lowest BCUT2D eigenvalue weighted by Crippen LogP contribution is -2.50. The van der Waals surface area contributed by atoms with Gasteiger partial charge in [0.15, 0.2) is 0 Å². The molecule has 0 bridgehead atoms. The fraction of sp³-hybridized carbons (Fsp3) is 0.345. The zero-order valence-electron chi connectivity index (χ0n) is 22.9. The number of amidine groups is 1. The van der Waals surface area contributed by atoms with Gasteiger partial charge in [0, 0.05) is 16.3 Å². The molecule has 14 heteroatoms. The highest BCUT2D eigenvalue weighted by atomic mass is 32.1. The number of nitrogens with one attached hydrogen (secondary N) is 3. The van der Waals surface area contributed by atoms with Crippen LogP contribution >= 0.6 is 11.3 Å². The maximum atomic E-state index is 13.8. The summed E-state index contributed by atoms with van der Waals surface area (Å²) in [6.07, 6.45) is -1.46. The van der Waals surface area contributed by atoms with Crippen LogP contribution in [0.2, 0.25) is 0 Å². The first-order chi connectivity index (χ1) is 20.3. The summed E-state index contributed by atoms with van der Waals surface area (Å²) in [5.41, 5.74) is 13.4. The number of carboxylic acids is 1. The topological polar surface area (TPSA) is 188 Å². The predicted molar refractivity (Wildman–Crippen MR) is 156 cm³/mol. The number of primary amides is 1. The van der Waals surface area contributed by atoms with E-state index in [1.54, 1.807) is 11.3 Å².